The minimum Gasteiger partial charge on any atom is -0.268 e. The molecule has 0 fully saturated rings. The molecule has 0 unspecified atom stereocenters. The number of rotatable bonds is 7. The van der Waals surface area contributed by atoms with Crippen LogP contribution in [0, 0.1) is 17.0 Å². The molecule has 0 aliphatic carbocycles. The first-order chi connectivity index (χ1) is 13.5. The van der Waals surface area contributed by atoms with Gasteiger partial charge in [0.2, 0.25) is 5.16 Å². The lowest BCUT2D eigenvalue weighted by Crippen LogP contribution is -2.22. The van der Waals surface area contributed by atoms with Gasteiger partial charge in [-0.1, -0.05) is 54.2 Å². The highest BCUT2D eigenvalue weighted by molar-refractivity contribution is 7.98. The number of nitro groups is 1. The van der Waals surface area contributed by atoms with E-state index in [0.717, 1.165) is 5.56 Å². The van der Waals surface area contributed by atoms with Gasteiger partial charge in [-0.05, 0) is 24.1 Å². The van der Waals surface area contributed by atoms with Gasteiger partial charge >= 0.3 is 0 Å². The molecule has 1 N–H and O–H groups in total. The number of carbonyl (C=O) groups excluding carboxylic acids is 1. The minimum atomic E-state index is -0.478. The van der Waals surface area contributed by atoms with E-state index in [-0.39, 0.29) is 5.69 Å². The number of carbonyl (C=O) groups is 1. The third-order valence-electron chi connectivity index (χ3n) is 3.74. The van der Waals surface area contributed by atoms with E-state index in [0.29, 0.717) is 22.3 Å². The molecule has 0 atom stereocenters. The van der Waals surface area contributed by atoms with Crippen molar-refractivity contribution in [2.24, 2.45) is 0 Å². The molecule has 28 heavy (non-hydrogen) atoms. The number of non-ortho nitro benzene ring substituents is 1. The Balaban J connectivity index is 1.66. The van der Waals surface area contributed by atoms with Crippen LogP contribution in [0.15, 0.2) is 65.8 Å². The average molecular weight is 395 g/mol. The molecule has 3 rings (SSSR count). The van der Waals surface area contributed by atoms with E-state index in [1.807, 2.05) is 30.3 Å². The maximum atomic E-state index is 12.3. The summed E-state index contributed by atoms with van der Waals surface area (Å²) in [6.45, 7) is 1.74. The lowest BCUT2D eigenvalue weighted by Gasteiger charge is -2.08. The molecule has 9 heteroatoms. The minimum absolute atomic E-state index is 0.0307. The molecule has 0 radical (unpaired) electrons. The molecule has 0 bridgehead atoms. The Bertz CT molecular complexity index is 1020. The average Bonchev–Trinajstić information content (AvgIpc) is 3.05. The van der Waals surface area contributed by atoms with E-state index in [1.165, 1.54) is 40.7 Å². The summed E-state index contributed by atoms with van der Waals surface area (Å²) in [5.41, 5.74) is 4.38. The second kappa shape index (κ2) is 8.96. The molecule has 142 valence electrons. The van der Waals surface area contributed by atoms with Gasteiger partial charge in [0.1, 0.15) is 5.82 Å². The van der Waals surface area contributed by atoms with Crippen molar-refractivity contribution in [1.82, 2.24) is 14.9 Å². The summed E-state index contributed by atoms with van der Waals surface area (Å²) in [7, 11) is 0. The number of aromatic nitrogens is 3. The van der Waals surface area contributed by atoms with E-state index in [4.69, 9.17) is 0 Å². The molecule has 1 heterocycles. The molecule has 2 aromatic carbocycles. The normalized spacial score (nSPS) is 10.9. The molecule has 8 nitrogen and oxygen atoms in total. The number of thioether (sulfide) groups is 1. The number of nitrogens with one attached hydrogen (secondary N) is 1. The van der Waals surface area contributed by atoms with Crippen LogP contribution in [0.1, 0.15) is 17.0 Å². The number of benzene rings is 2. The highest BCUT2D eigenvalue weighted by atomic mass is 32.2. The summed E-state index contributed by atoms with van der Waals surface area (Å²) in [4.78, 5) is 22.6. The van der Waals surface area contributed by atoms with Crippen LogP contribution in [-0.2, 0) is 10.5 Å². The maximum absolute atomic E-state index is 12.3. The van der Waals surface area contributed by atoms with Crippen LogP contribution in [0.2, 0.25) is 0 Å². The number of hydrogen-bond acceptors (Lipinski definition) is 6. The van der Waals surface area contributed by atoms with Gasteiger partial charge in [0, 0.05) is 24.0 Å². The smallest absolute Gasteiger partial charge is 0.268 e. The fraction of sp³-hybridized carbons (Fsp3) is 0.105. The van der Waals surface area contributed by atoms with Crippen LogP contribution in [0.4, 0.5) is 5.69 Å². The largest absolute Gasteiger partial charge is 0.270 e. The number of amides is 1. The number of nitro benzene ring substituents is 1. The standard InChI is InChI=1S/C19H17N5O3S/c1-14-20-21-19(28-13-16-6-3-2-4-7-16)23(14)22-18(25)11-10-15-8-5-9-17(12-15)24(26)27/h2-12H,13H2,1H3,(H,22,25). The topological polar surface area (TPSA) is 103 Å². The summed E-state index contributed by atoms with van der Waals surface area (Å²) < 4.78 is 1.52. The summed E-state index contributed by atoms with van der Waals surface area (Å²) in [5.74, 6) is 0.849. The highest BCUT2D eigenvalue weighted by Crippen LogP contribution is 2.21. The van der Waals surface area contributed by atoms with Crippen molar-refractivity contribution >= 4 is 29.4 Å². The quantitative estimate of drug-likeness (QED) is 0.284. The predicted octanol–water partition coefficient (Wildman–Crippen LogP) is 3.57. The van der Waals surface area contributed by atoms with Gasteiger partial charge in [0.15, 0.2) is 0 Å². The molecule has 1 aromatic heterocycles. The molecule has 3 aromatic rings. The van der Waals surface area contributed by atoms with Crippen LogP contribution < -0.4 is 5.43 Å². The molecule has 0 aliphatic rings. The third-order valence-corrected chi connectivity index (χ3v) is 4.74. The van der Waals surface area contributed by atoms with Crippen LogP contribution in [0.3, 0.4) is 0 Å². The van der Waals surface area contributed by atoms with Crippen molar-refractivity contribution in [3.63, 3.8) is 0 Å². The first-order valence-electron chi connectivity index (χ1n) is 8.35. The van der Waals surface area contributed by atoms with E-state index >= 15 is 0 Å². The van der Waals surface area contributed by atoms with Crippen molar-refractivity contribution in [1.29, 1.82) is 0 Å². The Morgan fingerprint density at radius 2 is 2.00 bits per heavy atom. The van der Waals surface area contributed by atoms with E-state index < -0.39 is 10.8 Å². The molecular weight excluding hydrogens is 378 g/mol. The van der Waals surface area contributed by atoms with E-state index in [1.54, 1.807) is 19.1 Å². The third kappa shape index (κ3) is 5.04. The zero-order valence-corrected chi connectivity index (χ0v) is 15.8. The summed E-state index contributed by atoms with van der Waals surface area (Å²) in [6.07, 6.45) is 2.82. The first kappa shape index (κ1) is 19.3. The van der Waals surface area contributed by atoms with E-state index in [9.17, 15) is 14.9 Å². The molecule has 0 saturated carbocycles. The summed E-state index contributed by atoms with van der Waals surface area (Å²) >= 11 is 1.46. The Morgan fingerprint density at radius 1 is 1.21 bits per heavy atom. The highest BCUT2D eigenvalue weighted by Gasteiger charge is 2.11. The van der Waals surface area contributed by atoms with Gasteiger partial charge in [-0.25, -0.2) is 4.68 Å². The molecule has 0 saturated heterocycles. The monoisotopic (exact) mass is 395 g/mol. The Kier molecular flexibility index (Phi) is 6.18. The van der Waals surface area contributed by atoms with Crippen molar-refractivity contribution in [2.75, 3.05) is 5.43 Å². The summed E-state index contributed by atoms with van der Waals surface area (Å²) in [6, 6.07) is 16.0. The van der Waals surface area contributed by atoms with Crippen molar-refractivity contribution < 1.29 is 9.72 Å². The van der Waals surface area contributed by atoms with Crippen LogP contribution >= 0.6 is 11.8 Å². The summed E-state index contributed by atoms with van der Waals surface area (Å²) in [5, 5.41) is 19.5. The molecule has 0 spiro atoms. The second-order valence-electron chi connectivity index (χ2n) is 5.80. The lowest BCUT2D eigenvalue weighted by atomic mass is 10.2. The maximum Gasteiger partial charge on any atom is 0.270 e. The van der Waals surface area contributed by atoms with Crippen molar-refractivity contribution in [3.05, 3.63) is 87.7 Å². The van der Waals surface area contributed by atoms with Gasteiger partial charge < -0.3 is 0 Å². The van der Waals surface area contributed by atoms with Crippen LogP contribution in [-0.4, -0.2) is 25.7 Å². The van der Waals surface area contributed by atoms with Gasteiger partial charge in [0.25, 0.3) is 11.6 Å². The predicted molar refractivity (Wildman–Crippen MR) is 107 cm³/mol. The van der Waals surface area contributed by atoms with Crippen molar-refractivity contribution in [2.45, 2.75) is 17.8 Å². The van der Waals surface area contributed by atoms with Gasteiger partial charge in [-0.15, -0.1) is 10.2 Å². The number of hydrogen-bond donors (Lipinski definition) is 1. The van der Waals surface area contributed by atoms with Crippen molar-refractivity contribution in [3.8, 4) is 0 Å². The fourth-order valence-electron chi connectivity index (χ4n) is 2.35. The molecule has 1 amide bonds. The van der Waals surface area contributed by atoms with Gasteiger partial charge in [0.05, 0.1) is 4.92 Å². The molecule has 0 aliphatic heterocycles. The molecular formula is C19H17N5O3S. The Hall–Kier alpha value is -3.46. The van der Waals surface area contributed by atoms with Crippen LogP contribution in [0.5, 0.6) is 0 Å². The lowest BCUT2D eigenvalue weighted by molar-refractivity contribution is -0.384. The zero-order chi connectivity index (χ0) is 19.9. The van der Waals surface area contributed by atoms with Crippen LogP contribution in [0.25, 0.3) is 6.08 Å². The second-order valence-corrected chi connectivity index (χ2v) is 6.74. The number of nitrogens with zero attached hydrogens (tertiary/aromatic N) is 4. The van der Waals surface area contributed by atoms with Gasteiger partial charge in [-0.2, -0.15) is 0 Å². The number of aryl methyl sites for hydroxylation is 1. The van der Waals surface area contributed by atoms with E-state index in [2.05, 4.69) is 15.6 Å². The first-order valence-corrected chi connectivity index (χ1v) is 9.34. The Labute approximate surface area is 165 Å². The zero-order valence-electron chi connectivity index (χ0n) is 15.0. The Morgan fingerprint density at radius 3 is 2.75 bits per heavy atom. The fourth-order valence-corrected chi connectivity index (χ4v) is 3.24. The van der Waals surface area contributed by atoms with Gasteiger partial charge in [-0.3, -0.25) is 20.3 Å². The SMILES string of the molecule is Cc1nnc(SCc2ccccc2)n1NC(=O)C=Cc1cccc([N+](=O)[O-])c1.